The van der Waals surface area contributed by atoms with Crippen molar-refractivity contribution in [2.24, 2.45) is 5.92 Å². The summed E-state index contributed by atoms with van der Waals surface area (Å²) in [6.45, 7) is 12.8. The van der Waals surface area contributed by atoms with Gasteiger partial charge in [-0.05, 0) is 49.2 Å². The quantitative estimate of drug-likeness (QED) is 0.205. The van der Waals surface area contributed by atoms with Crippen molar-refractivity contribution in [1.29, 1.82) is 0 Å². The van der Waals surface area contributed by atoms with E-state index >= 15 is 0 Å². The number of nitro groups is 1. The van der Waals surface area contributed by atoms with Crippen molar-refractivity contribution >= 4 is 25.9 Å². The zero-order valence-electron chi connectivity index (χ0n) is 18.9. The van der Waals surface area contributed by atoms with Crippen molar-refractivity contribution in [1.82, 2.24) is 4.90 Å². The fourth-order valence-electron chi connectivity index (χ4n) is 3.79. The first-order chi connectivity index (χ1) is 14.3. The molecule has 0 N–H and O–H groups in total. The number of non-ortho nitro benzene ring substituents is 1. The predicted molar refractivity (Wildman–Crippen MR) is 117 cm³/mol. The summed E-state index contributed by atoms with van der Waals surface area (Å²) in [5.74, 6) is -0.928. The first-order valence-corrected chi connectivity index (χ1v) is 13.4. The minimum absolute atomic E-state index is 0.0187. The second kappa shape index (κ2) is 8.20. The molecule has 0 unspecified atom stereocenters. The average molecular weight is 447 g/mol. The van der Waals surface area contributed by atoms with Crippen LogP contribution in [0.4, 0.5) is 5.69 Å². The van der Waals surface area contributed by atoms with Crippen LogP contribution in [0.5, 0.6) is 0 Å². The van der Waals surface area contributed by atoms with E-state index in [0.29, 0.717) is 12.0 Å². The van der Waals surface area contributed by atoms with E-state index in [9.17, 15) is 19.7 Å². The Morgan fingerprint density at radius 3 is 2.45 bits per heavy atom. The standard InChI is InChI=1S/C22H30N2O6Si/c1-14(30-31(5,6)22(2,3)4)19-17-11-12-18(23(17)20(19)25)21(26)29-13-15-7-9-16(10-8-15)24(27)28/h7-10,12,14,17,19H,11,13H2,1-6H3/t14-,17-,19-/m1/s1. The maximum atomic E-state index is 12.9. The first-order valence-electron chi connectivity index (χ1n) is 10.4. The third kappa shape index (κ3) is 4.43. The van der Waals surface area contributed by atoms with Crippen molar-refractivity contribution in [3.8, 4) is 0 Å². The Labute approximate surface area is 183 Å². The topological polar surface area (TPSA) is 99.0 Å². The van der Waals surface area contributed by atoms with E-state index in [-0.39, 0.29) is 47.0 Å². The molecule has 1 aromatic carbocycles. The normalized spacial score (nSPS) is 21.8. The van der Waals surface area contributed by atoms with Gasteiger partial charge in [0.05, 0.1) is 23.0 Å². The van der Waals surface area contributed by atoms with Crippen LogP contribution in [0.25, 0.3) is 0 Å². The first kappa shape index (κ1) is 23.1. The molecule has 1 aromatic rings. The van der Waals surface area contributed by atoms with Crippen LogP contribution in [0, 0.1) is 16.0 Å². The van der Waals surface area contributed by atoms with Crippen molar-refractivity contribution in [3.05, 3.63) is 51.7 Å². The number of β-lactam (4-membered cyclic amide) rings is 1. The van der Waals surface area contributed by atoms with Crippen LogP contribution in [0.15, 0.2) is 36.0 Å². The number of fused-ring (bicyclic) bond motifs is 1. The number of hydrogen-bond acceptors (Lipinski definition) is 6. The van der Waals surface area contributed by atoms with Gasteiger partial charge in [0.25, 0.3) is 5.69 Å². The van der Waals surface area contributed by atoms with Crippen molar-refractivity contribution < 1.29 is 23.7 Å². The molecule has 0 radical (unpaired) electrons. The zero-order valence-corrected chi connectivity index (χ0v) is 19.9. The van der Waals surface area contributed by atoms with Gasteiger partial charge < -0.3 is 14.1 Å². The summed E-state index contributed by atoms with van der Waals surface area (Å²) in [5, 5.41) is 10.8. The SMILES string of the molecule is C[C@@H](O[Si](C)(C)C(C)(C)C)[C@H]1C(=O)N2C(C(=O)OCc3ccc([N+](=O)[O-])cc3)=CC[C@H]12. The molecule has 3 atom stereocenters. The maximum Gasteiger partial charge on any atom is 0.355 e. The van der Waals surface area contributed by atoms with E-state index in [4.69, 9.17) is 9.16 Å². The number of nitro benzene ring substituents is 1. The molecule has 31 heavy (non-hydrogen) atoms. The summed E-state index contributed by atoms with van der Waals surface area (Å²) in [6, 6.07) is 5.74. The highest BCUT2D eigenvalue weighted by Gasteiger charge is 2.56. The van der Waals surface area contributed by atoms with Crippen LogP contribution >= 0.6 is 0 Å². The van der Waals surface area contributed by atoms with Gasteiger partial charge in [-0.1, -0.05) is 26.8 Å². The number of rotatable bonds is 7. The third-order valence-electron chi connectivity index (χ3n) is 6.60. The Balaban J connectivity index is 1.57. The monoisotopic (exact) mass is 446 g/mol. The van der Waals surface area contributed by atoms with Gasteiger partial charge in [0.2, 0.25) is 5.91 Å². The molecule has 0 aliphatic carbocycles. The Bertz CT molecular complexity index is 919. The molecule has 1 amide bonds. The van der Waals surface area contributed by atoms with Crippen LogP contribution < -0.4 is 0 Å². The summed E-state index contributed by atoms with van der Waals surface area (Å²) in [6.07, 6.45) is 2.14. The third-order valence-corrected chi connectivity index (χ3v) is 11.2. The van der Waals surface area contributed by atoms with Gasteiger partial charge in [0, 0.05) is 12.1 Å². The van der Waals surface area contributed by atoms with Crippen molar-refractivity contribution in [2.75, 3.05) is 0 Å². The number of ether oxygens (including phenoxy) is 1. The molecule has 8 nitrogen and oxygen atoms in total. The molecule has 168 valence electrons. The van der Waals surface area contributed by atoms with Crippen LogP contribution in [0.3, 0.4) is 0 Å². The van der Waals surface area contributed by atoms with Gasteiger partial charge in [0.15, 0.2) is 8.32 Å². The number of nitrogens with zero attached hydrogens (tertiary/aromatic N) is 2. The molecule has 0 aromatic heterocycles. The molecule has 0 spiro atoms. The van der Waals surface area contributed by atoms with Gasteiger partial charge in [-0.25, -0.2) is 4.79 Å². The van der Waals surface area contributed by atoms with E-state index in [1.54, 1.807) is 18.2 Å². The minimum Gasteiger partial charge on any atom is -0.456 e. The Hall–Kier alpha value is -2.52. The largest absolute Gasteiger partial charge is 0.456 e. The summed E-state index contributed by atoms with van der Waals surface area (Å²) in [5.41, 5.74) is 0.883. The van der Waals surface area contributed by atoms with Crippen LogP contribution in [0.1, 0.15) is 39.7 Å². The molecule has 0 saturated carbocycles. The fourth-order valence-corrected chi connectivity index (χ4v) is 5.22. The number of carbonyl (C=O) groups is 2. The summed E-state index contributed by atoms with van der Waals surface area (Å²) in [7, 11) is -2.01. The lowest BCUT2D eigenvalue weighted by atomic mass is 9.83. The molecular weight excluding hydrogens is 416 g/mol. The number of carbonyl (C=O) groups excluding carboxylic acids is 2. The lowest BCUT2D eigenvalue weighted by Crippen LogP contribution is -2.63. The number of amides is 1. The smallest absolute Gasteiger partial charge is 0.355 e. The molecule has 2 heterocycles. The highest BCUT2D eigenvalue weighted by Crippen LogP contribution is 2.44. The van der Waals surface area contributed by atoms with E-state index in [0.717, 1.165) is 0 Å². The fraction of sp³-hybridized carbons (Fsp3) is 0.545. The van der Waals surface area contributed by atoms with Crippen molar-refractivity contribution in [3.63, 3.8) is 0 Å². The highest BCUT2D eigenvalue weighted by atomic mass is 28.4. The lowest BCUT2D eigenvalue weighted by Gasteiger charge is -2.49. The van der Waals surface area contributed by atoms with Crippen LogP contribution in [0.2, 0.25) is 18.1 Å². The molecule has 2 aliphatic rings. The molecule has 9 heteroatoms. The highest BCUT2D eigenvalue weighted by molar-refractivity contribution is 6.74. The van der Waals surface area contributed by atoms with E-state index in [2.05, 4.69) is 33.9 Å². The Kier molecular flexibility index (Phi) is 6.12. The summed E-state index contributed by atoms with van der Waals surface area (Å²) >= 11 is 0. The molecule has 1 fully saturated rings. The van der Waals surface area contributed by atoms with E-state index < -0.39 is 19.2 Å². The number of hydrogen-bond donors (Lipinski definition) is 0. The average Bonchev–Trinajstić information content (AvgIpc) is 3.04. The minimum atomic E-state index is -2.01. The van der Waals surface area contributed by atoms with Gasteiger partial charge >= 0.3 is 5.97 Å². The number of esters is 1. The molecule has 0 bridgehead atoms. The van der Waals surface area contributed by atoms with Crippen molar-refractivity contribution in [2.45, 2.75) is 71.0 Å². The molecule has 2 aliphatic heterocycles. The molecular formula is C22H30N2O6Si. The van der Waals surface area contributed by atoms with Gasteiger partial charge in [0.1, 0.15) is 12.3 Å². The van der Waals surface area contributed by atoms with Crippen LogP contribution in [-0.2, 0) is 25.4 Å². The summed E-state index contributed by atoms with van der Waals surface area (Å²) < 4.78 is 11.8. The molecule has 1 saturated heterocycles. The van der Waals surface area contributed by atoms with Gasteiger partial charge in [-0.15, -0.1) is 0 Å². The van der Waals surface area contributed by atoms with Crippen LogP contribution in [-0.4, -0.2) is 42.2 Å². The molecule has 3 rings (SSSR count). The lowest BCUT2D eigenvalue weighted by molar-refractivity contribution is -0.384. The van der Waals surface area contributed by atoms with E-state index in [1.807, 2.05) is 6.92 Å². The predicted octanol–water partition coefficient (Wildman–Crippen LogP) is 4.16. The Morgan fingerprint density at radius 2 is 1.90 bits per heavy atom. The van der Waals surface area contributed by atoms with Gasteiger partial charge in [-0.2, -0.15) is 0 Å². The second-order valence-corrected chi connectivity index (χ2v) is 14.5. The Morgan fingerprint density at radius 1 is 1.29 bits per heavy atom. The zero-order chi connectivity index (χ0) is 23.1. The number of benzene rings is 1. The van der Waals surface area contributed by atoms with Gasteiger partial charge in [-0.3, -0.25) is 14.9 Å². The second-order valence-electron chi connectivity index (χ2n) is 9.71. The summed E-state index contributed by atoms with van der Waals surface area (Å²) in [4.78, 5) is 37.2. The van der Waals surface area contributed by atoms with E-state index in [1.165, 1.54) is 17.0 Å². The maximum absolute atomic E-state index is 12.9.